The van der Waals surface area contributed by atoms with Gasteiger partial charge in [0.15, 0.2) is 5.12 Å². The van der Waals surface area contributed by atoms with Gasteiger partial charge in [-0.15, -0.1) is 0 Å². The Bertz CT molecular complexity index is 414. The lowest BCUT2D eigenvalue weighted by Crippen LogP contribution is -2.21. The van der Waals surface area contributed by atoms with E-state index < -0.39 is 18.0 Å². The topological polar surface area (TPSA) is 57.5 Å². The van der Waals surface area contributed by atoms with Gasteiger partial charge in [-0.3, -0.25) is 4.79 Å². The highest BCUT2D eigenvalue weighted by molar-refractivity contribution is 9.10. The Morgan fingerprint density at radius 3 is 2.76 bits per heavy atom. The molecule has 0 spiro atoms. The molecule has 0 saturated heterocycles. The van der Waals surface area contributed by atoms with Crippen LogP contribution in [0.2, 0.25) is 0 Å². The van der Waals surface area contributed by atoms with Gasteiger partial charge in [0.25, 0.3) is 0 Å². The molecule has 0 amide bonds. The molecule has 1 aromatic rings. The summed E-state index contributed by atoms with van der Waals surface area (Å²) in [6.07, 6.45) is -2.35. The Balaban J connectivity index is 2.77. The largest absolute Gasteiger partial charge is 0.389 e. The third-order valence-electron chi connectivity index (χ3n) is 2.10. The van der Waals surface area contributed by atoms with Gasteiger partial charge in [0.05, 0.1) is 6.10 Å². The molecule has 1 rings (SSSR count). The van der Waals surface area contributed by atoms with E-state index in [9.17, 15) is 19.4 Å². The molecule has 0 aliphatic carbocycles. The van der Waals surface area contributed by atoms with Gasteiger partial charge in [0, 0.05) is 22.7 Å². The van der Waals surface area contributed by atoms with Crippen LogP contribution in [0.25, 0.3) is 0 Å². The number of aliphatic hydroxyl groups is 2. The number of aliphatic hydroxyl groups excluding tert-OH is 2. The third kappa shape index (κ3) is 4.39. The highest BCUT2D eigenvalue weighted by Gasteiger charge is 2.21. The molecule has 94 valence electrons. The van der Waals surface area contributed by atoms with Gasteiger partial charge in [-0.1, -0.05) is 27.7 Å². The minimum Gasteiger partial charge on any atom is -0.389 e. The normalized spacial score (nSPS) is 14.4. The van der Waals surface area contributed by atoms with Crippen LogP contribution in [-0.4, -0.2) is 27.2 Å². The van der Waals surface area contributed by atoms with E-state index in [4.69, 9.17) is 0 Å². The summed E-state index contributed by atoms with van der Waals surface area (Å²) in [6, 6.07) is 3.85. The van der Waals surface area contributed by atoms with Crippen molar-refractivity contribution in [3.63, 3.8) is 0 Å². The van der Waals surface area contributed by atoms with Crippen molar-refractivity contribution < 1.29 is 19.4 Å². The highest BCUT2D eigenvalue weighted by Crippen LogP contribution is 2.27. The van der Waals surface area contributed by atoms with E-state index in [2.05, 4.69) is 15.9 Å². The van der Waals surface area contributed by atoms with E-state index in [-0.39, 0.29) is 16.4 Å². The Labute approximate surface area is 111 Å². The second-order valence-corrected chi connectivity index (χ2v) is 5.53. The molecule has 0 fully saturated rings. The summed E-state index contributed by atoms with van der Waals surface area (Å²) in [6.45, 7) is 1.38. The van der Waals surface area contributed by atoms with E-state index >= 15 is 0 Å². The molecule has 0 aliphatic heterocycles. The van der Waals surface area contributed by atoms with Crippen molar-refractivity contribution in [2.24, 2.45) is 0 Å². The van der Waals surface area contributed by atoms with Crippen LogP contribution in [0.3, 0.4) is 0 Å². The first-order valence-corrected chi connectivity index (χ1v) is 6.64. The molecule has 2 N–H and O–H groups in total. The van der Waals surface area contributed by atoms with Crippen molar-refractivity contribution in [2.75, 3.05) is 5.75 Å². The number of hydrogen-bond acceptors (Lipinski definition) is 4. The monoisotopic (exact) mass is 322 g/mol. The zero-order chi connectivity index (χ0) is 13.0. The lowest BCUT2D eigenvalue weighted by atomic mass is 10.1. The Hall–Kier alpha value is -0.430. The summed E-state index contributed by atoms with van der Waals surface area (Å²) < 4.78 is 13.5. The Morgan fingerprint density at radius 2 is 2.18 bits per heavy atom. The lowest BCUT2D eigenvalue weighted by molar-refractivity contribution is -0.109. The predicted octanol–water partition coefficient (Wildman–Crippen LogP) is 2.26. The van der Waals surface area contributed by atoms with Crippen LogP contribution in [-0.2, 0) is 4.79 Å². The zero-order valence-electron chi connectivity index (χ0n) is 9.06. The number of halogens is 2. The summed E-state index contributed by atoms with van der Waals surface area (Å²) in [5, 5.41) is 19.4. The van der Waals surface area contributed by atoms with Crippen LogP contribution >= 0.6 is 27.7 Å². The fraction of sp³-hybridized carbons (Fsp3) is 0.364. The molecule has 0 saturated carbocycles. The Kier molecular flexibility index (Phi) is 5.58. The van der Waals surface area contributed by atoms with Crippen molar-refractivity contribution in [2.45, 2.75) is 19.1 Å². The average molecular weight is 323 g/mol. The number of hydrogen-bond donors (Lipinski definition) is 2. The minimum atomic E-state index is -1.23. The molecule has 0 radical (unpaired) electrons. The maximum atomic E-state index is 13.0. The molecule has 17 heavy (non-hydrogen) atoms. The number of thioether (sulfide) groups is 1. The van der Waals surface area contributed by atoms with Gasteiger partial charge < -0.3 is 10.2 Å². The van der Waals surface area contributed by atoms with E-state index in [1.807, 2.05) is 0 Å². The summed E-state index contributed by atoms with van der Waals surface area (Å²) in [5.41, 5.74) is 0.265. The molecule has 2 atom stereocenters. The second-order valence-electron chi connectivity index (χ2n) is 3.48. The molecular weight excluding hydrogens is 311 g/mol. The molecule has 0 aliphatic rings. The third-order valence-corrected chi connectivity index (χ3v) is 3.74. The van der Waals surface area contributed by atoms with Crippen LogP contribution in [0.1, 0.15) is 18.6 Å². The highest BCUT2D eigenvalue weighted by atomic mass is 79.9. The summed E-state index contributed by atoms with van der Waals surface area (Å²) in [7, 11) is 0. The first-order chi connectivity index (χ1) is 7.91. The van der Waals surface area contributed by atoms with Crippen molar-refractivity contribution in [3.05, 3.63) is 34.1 Å². The fourth-order valence-corrected chi connectivity index (χ4v) is 2.31. The van der Waals surface area contributed by atoms with Crippen molar-refractivity contribution in [1.29, 1.82) is 0 Å². The predicted molar refractivity (Wildman–Crippen MR) is 68.2 cm³/mol. The number of carbonyl (C=O) groups is 1. The zero-order valence-corrected chi connectivity index (χ0v) is 11.5. The number of benzene rings is 1. The van der Waals surface area contributed by atoms with E-state index in [0.29, 0.717) is 4.47 Å². The van der Waals surface area contributed by atoms with Gasteiger partial charge in [-0.05, 0) is 18.2 Å². The maximum Gasteiger partial charge on any atom is 0.185 e. The van der Waals surface area contributed by atoms with Crippen molar-refractivity contribution in [1.82, 2.24) is 0 Å². The molecule has 3 nitrogen and oxygen atoms in total. The van der Waals surface area contributed by atoms with Gasteiger partial charge in [-0.25, -0.2) is 4.39 Å². The van der Waals surface area contributed by atoms with Crippen molar-refractivity contribution >= 4 is 32.8 Å². The van der Waals surface area contributed by atoms with Crippen LogP contribution in [0.5, 0.6) is 0 Å². The van der Waals surface area contributed by atoms with Crippen LogP contribution < -0.4 is 0 Å². The molecule has 0 bridgehead atoms. The lowest BCUT2D eigenvalue weighted by Gasteiger charge is -2.18. The second kappa shape index (κ2) is 6.49. The number of rotatable bonds is 4. The minimum absolute atomic E-state index is 0.0689. The van der Waals surface area contributed by atoms with E-state index in [1.54, 1.807) is 0 Å². The van der Waals surface area contributed by atoms with Gasteiger partial charge in [-0.2, -0.15) is 0 Å². The smallest absolute Gasteiger partial charge is 0.185 e. The summed E-state index contributed by atoms with van der Waals surface area (Å²) in [5.74, 6) is -0.423. The summed E-state index contributed by atoms with van der Waals surface area (Å²) >= 11 is 4.08. The molecule has 0 heterocycles. The summed E-state index contributed by atoms with van der Waals surface area (Å²) in [4.78, 5) is 10.7. The van der Waals surface area contributed by atoms with Crippen LogP contribution in [0.15, 0.2) is 22.7 Å². The molecule has 0 aromatic heterocycles. The fourth-order valence-electron chi connectivity index (χ4n) is 1.24. The maximum absolute atomic E-state index is 13.0. The average Bonchev–Trinajstić information content (AvgIpc) is 2.28. The van der Waals surface area contributed by atoms with Gasteiger partial charge >= 0.3 is 0 Å². The van der Waals surface area contributed by atoms with E-state index in [0.717, 1.165) is 17.8 Å². The van der Waals surface area contributed by atoms with Gasteiger partial charge in [0.2, 0.25) is 0 Å². The molecular formula is C11H12BrFO3S. The molecule has 6 heteroatoms. The van der Waals surface area contributed by atoms with Crippen LogP contribution in [0.4, 0.5) is 4.39 Å². The first-order valence-electron chi connectivity index (χ1n) is 4.86. The quantitative estimate of drug-likeness (QED) is 0.892. The Morgan fingerprint density at radius 1 is 1.53 bits per heavy atom. The number of carbonyl (C=O) groups excluding carboxylic acids is 1. The van der Waals surface area contributed by atoms with Crippen LogP contribution in [0, 0.1) is 5.82 Å². The SMILES string of the molecule is CC(=O)SCC(O)C(O)c1cc(F)ccc1Br. The molecule has 1 aromatic carbocycles. The standard InChI is InChI=1S/C11H12BrFO3S/c1-6(14)17-5-10(15)11(16)8-4-7(13)2-3-9(8)12/h2-4,10-11,15-16H,5H2,1H3. The van der Waals surface area contributed by atoms with Crippen molar-refractivity contribution in [3.8, 4) is 0 Å². The van der Waals surface area contributed by atoms with Gasteiger partial charge in [0.1, 0.15) is 11.9 Å². The first kappa shape index (κ1) is 14.6. The van der Waals surface area contributed by atoms with E-state index in [1.165, 1.54) is 19.1 Å². The molecule has 2 unspecified atom stereocenters.